The summed E-state index contributed by atoms with van der Waals surface area (Å²) in [7, 11) is 1.94. The molecule has 25 heavy (non-hydrogen) atoms. The molecular weight excluding hydrogens is 329 g/mol. The standard InChI is InChI=1S/C18H21F3N4/c1-24-18-9-25(8-10(18)7-23-24)11-2-3-12(17(22)4-11)13-5-15(20)16(21)6-14(13)19/h5-7,11-12,17H,2-4,8-9,22H2,1H3/t11-,12+,17-/m0/s1. The molecule has 2 heterocycles. The second-order valence-electron chi connectivity index (χ2n) is 7.17. The van der Waals surface area contributed by atoms with Crippen LogP contribution in [0.4, 0.5) is 13.2 Å². The van der Waals surface area contributed by atoms with Gasteiger partial charge in [-0.25, -0.2) is 13.2 Å². The Balaban J connectivity index is 1.47. The smallest absolute Gasteiger partial charge is 0.161 e. The van der Waals surface area contributed by atoms with Gasteiger partial charge < -0.3 is 5.73 Å². The molecule has 1 aliphatic heterocycles. The molecule has 2 N–H and O–H groups in total. The van der Waals surface area contributed by atoms with Crippen molar-refractivity contribution >= 4 is 0 Å². The third-order valence-electron chi connectivity index (χ3n) is 5.70. The lowest BCUT2D eigenvalue weighted by Gasteiger charge is -2.38. The number of aryl methyl sites for hydroxylation is 1. The summed E-state index contributed by atoms with van der Waals surface area (Å²) >= 11 is 0. The Morgan fingerprint density at radius 3 is 2.56 bits per heavy atom. The summed E-state index contributed by atoms with van der Waals surface area (Å²) in [4.78, 5) is 2.38. The van der Waals surface area contributed by atoms with Gasteiger partial charge in [-0.15, -0.1) is 0 Å². The molecule has 0 bridgehead atoms. The van der Waals surface area contributed by atoms with Crippen molar-refractivity contribution in [2.24, 2.45) is 12.8 Å². The van der Waals surface area contributed by atoms with Crippen LogP contribution in [0, 0.1) is 17.5 Å². The number of benzene rings is 1. The number of hydrogen-bond acceptors (Lipinski definition) is 3. The number of fused-ring (bicyclic) bond motifs is 1. The van der Waals surface area contributed by atoms with Crippen molar-refractivity contribution < 1.29 is 13.2 Å². The fraction of sp³-hybridized carbons (Fsp3) is 0.500. The first-order valence-electron chi connectivity index (χ1n) is 8.58. The molecule has 0 radical (unpaired) electrons. The fourth-order valence-electron chi connectivity index (χ4n) is 4.29. The molecule has 1 aliphatic carbocycles. The number of halogens is 3. The van der Waals surface area contributed by atoms with Gasteiger partial charge in [0.15, 0.2) is 11.6 Å². The van der Waals surface area contributed by atoms with Crippen LogP contribution in [0.15, 0.2) is 18.3 Å². The molecule has 0 spiro atoms. The minimum Gasteiger partial charge on any atom is -0.327 e. The predicted octanol–water partition coefficient (Wildman–Crippen LogP) is 2.82. The van der Waals surface area contributed by atoms with E-state index < -0.39 is 17.5 Å². The van der Waals surface area contributed by atoms with E-state index in [-0.39, 0.29) is 17.5 Å². The van der Waals surface area contributed by atoms with Gasteiger partial charge in [-0.3, -0.25) is 9.58 Å². The molecule has 4 nitrogen and oxygen atoms in total. The summed E-state index contributed by atoms with van der Waals surface area (Å²) in [5.41, 5.74) is 8.97. The van der Waals surface area contributed by atoms with Crippen molar-refractivity contribution in [3.8, 4) is 0 Å². The summed E-state index contributed by atoms with van der Waals surface area (Å²) in [6.45, 7) is 1.69. The first kappa shape index (κ1) is 16.6. The molecule has 1 fully saturated rings. The van der Waals surface area contributed by atoms with Gasteiger partial charge in [0.2, 0.25) is 0 Å². The van der Waals surface area contributed by atoms with Gasteiger partial charge in [-0.1, -0.05) is 0 Å². The maximum atomic E-state index is 14.1. The Labute approximate surface area is 144 Å². The molecule has 3 atom stereocenters. The minimum absolute atomic E-state index is 0.193. The summed E-state index contributed by atoms with van der Waals surface area (Å²) in [6, 6.07) is 1.62. The molecule has 0 unspecified atom stereocenters. The molecule has 1 aromatic carbocycles. The number of rotatable bonds is 2. The summed E-state index contributed by atoms with van der Waals surface area (Å²) < 4.78 is 42.7. The van der Waals surface area contributed by atoms with Crippen LogP contribution in [0.2, 0.25) is 0 Å². The Kier molecular flexibility index (Phi) is 4.08. The first-order valence-corrected chi connectivity index (χ1v) is 8.58. The predicted molar refractivity (Wildman–Crippen MR) is 87.1 cm³/mol. The normalized spacial score (nSPS) is 26.8. The molecule has 4 rings (SSSR count). The van der Waals surface area contributed by atoms with Crippen LogP contribution in [0.5, 0.6) is 0 Å². The highest BCUT2D eigenvalue weighted by Crippen LogP contribution is 2.38. The maximum Gasteiger partial charge on any atom is 0.161 e. The Hall–Kier alpha value is -1.86. The van der Waals surface area contributed by atoms with E-state index in [9.17, 15) is 13.2 Å². The molecule has 1 saturated carbocycles. The average molecular weight is 350 g/mol. The van der Waals surface area contributed by atoms with Gasteiger partial charge in [-0.05, 0) is 30.9 Å². The zero-order valence-corrected chi connectivity index (χ0v) is 14.1. The lowest BCUT2D eigenvalue weighted by atomic mass is 9.77. The monoisotopic (exact) mass is 350 g/mol. The van der Waals surface area contributed by atoms with Crippen molar-refractivity contribution in [3.63, 3.8) is 0 Å². The van der Waals surface area contributed by atoms with Crippen molar-refractivity contribution in [2.45, 2.75) is 50.4 Å². The second kappa shape index (κ2) is 6.14. The van der Waals surface area contributed by atoms with Crippen LogP contribution < -0.4 is 5.73 Å². The number of nitrogens with two attached hydrogens (primary N) is 1. The van der Waals surface area contributed by atoms with Crippen LogP contribution >= 0.6 is 0 Å². The molecule has 1 aromatic heterocycles. The van der Waals surface area contributed by atoms with Gasteiger partial charge in [0, 0.05) is 49.8 Å². The van der Waals surface area contributed by atoms with Gasteiger partial charge in [0.25, 0.3) is 0 Å². The molecule has 0 saturated heterocycles. The first-order chi connectivity index (χ1) is 11.9. The highest BCUT2D eigenvalue weighted by Gasteiger charge is 2.36. The van der Waals surface area contributed by atoms with Crippen LogP contribution in [0.3, 0.4) is 0 Å². The lowest BCUT2D eigenvalue weighted by molar-refractivity contribution is 0.135. The van der Waals surface area contributed by atoms with E-state index in [1.165, 1.54) is 11.3 Å². The van der Waals surface area contributed by atoms with Gasteiger partial charge in [-0.2, -0.15) is 5.10 Å². The zero-order chi connectivity index (χ0) is 17.7. The zero-order valence-electron chi connectivity index (χ0n) is 14.1. The molecule has 0 amide bonds. The van der Waals surface area contributed by atoms with Crippen LogP contribution in [0.25, 0.3) is 0 Å². The number of hydrogen-bond donors (Lipinski definition) is 1. The topological polar surface area (TPSA) is 47.1 Å². The maximum absolute atomic E-state index is 14.1. The highest BCUT2D eigenvalue weighted by atomic mass is 19.2. The molecule has 2 aromatic rings. The van der Waals surface area contributed by atoms with Crippen LogP contribution in [-0.2, 0) is 20.1 Å². The van der Waals surface area contributed by atoms with E-state index in [0.717, 1.165) is 25.6 Å². The quantitative estimate of drug-likeness (QED) is 0.848. The van der Waals surface area contributed by atoms with E-state index >= 15 is 0 Å². The van der Waals surface area contributed by atoms with Crippen molar-refractivity contribution in [2.75, 3.05) is 0 Å². The highest BCUT2D eigenvalue weighted by molar-refractivity contribution is 5.27. The average Bonchev–Trinajstić information content (AvgIpc) is 3.14. The Bertz CT molecular complexity index is 804. The molecule has 7 heteroatoms. The van der Waals surface area contributed by atoms with Crippen molar-refractivity contribution in [3.05, 3.63) is 52.6 Å². The van der Waals surface area contributed by atoms with E-state index in [1.807, 2.05) is 17.9 Å². The van der Waals surface area contributed by atoms with E-state index in [1.54, 1.807) is 0 Å². The van der Waals surface area contributed by atoms with Crippen LogP contribution in [-0.4, -0.2) is 26.8 Å². The summed E-state index contributed by atoms with van der Waals surface area (Å²) in [5.74, 6) is -3.17. The van der Waals surface area contributed by atoms with E-state index in [2.05, 4.69) is 10.00 Å². The third kappa shape index (κ3) is 2.85. The summed E-state index contributed by atoms with van der Waals surface area (Å²) in [5, 5.41) is 4.27. The molecular formula is C18H21F3N4. The molecule has 2 aliphatic rings. The van der Waals surface area contributed by atoms with Gasteiger partial charge in [0.05, 0.1) is 11.9 Å². The van der Waals surface area contributed by atoms with Gasteiger partial charge in [0.1, 0.15) is 5.82 Å². The second-order valence-corrected chi connectivity index (χ2v) is 7.17. The number of aromatic nitrogens is 2. The van der Waals surface area contributed by atoms with Crippen molar-refractivity contribution in [1.82, 2.24) is 14.7 Å². The third-order valence-corrected chi connectivity index (χ3v) is 5.70. The Morgan fingerprint density at radius 2 is 1.84 bits per heavy atom. The fourth-order valence-corrected chi connectivity index (χ4v) is 4.29. The van der Waals surface area contributed by atoms with Crippen LogP contribution in [0.1, 0.15) is 42.0 Å². The lowest BCUT2D eigenvalue weighted by Crippen LogP contribution is -2.44. The minimum atomic E-state index is -1.16. The van der Waals surface area contributed by atoms with E-state index in [4.69, 9.17) is 5.73 Å². The van der Waals surface area contributed by atoms with Crippen molar-refractivity contribution in [1.29, 1.82) is 0 Å². The van der Waals surface area contributed by atoms with E-state index in [0.29, 0.717) is 24.9 Å². The van der Waals surface area contributed by atoms with Gasteiger partial charge >= 0.3 is 0 Å². The SMILES string of the molecule is Cn1ncc2c1CN([C@H]1CC[C@H](c3cc(F)c(F)cc3F)[C@@H](N)C1)C2. The largest absolute Gasteiger partial charge is 0.327 e. The molecule has 134 valence electrons. The summed E-state index contributed by atoms with van der Waals surface area (Å²) in [6.07, 6.45) is 4.14. The Morgan fingerprint density at radius 1 is 1.08 bits per heavy atom. The number of nitrogens with zero attached hydrogens (tertiary/aromatic N) is 3.